The Morgan fingerprint density at radius 3 is 2.57 bits per heavy atom. The second kappa shape index (κ2) is 6.20. The van der Waals surface area contributed by atoms with Gasteiger partial charge in [-0.05, 0) is 37.0 Å². The highest BCUT2D eigenvalue weighted by molar-refractivity contribution is 5.61. The fraction of sp³-hybridized carbons (Fsp3) is 0.765. The molecular formula is C17H28N4. The van der Waals surface area contributed by atoms with Crippen LogP contribution in [-0.4, -0.2) is 29.6 Å². The van der Waals surface area contributed by atoms with E-state index in [1.807, 2.05) is 0 Å². The molecule has 116 valence electrons. The van der Waals surface area contributed by atoms with Crippen molar-refractivity contribution in [2.75, 3.05) is 29.9 Å². The zero-order chi connectivity index (χ0) is 14.8. The van der Waals surface area contributed by atoms with Gasteiger partial charge in [-0.2, -0.15) is 0 Å². The van der Waals surface area contributed by atoms with E-state index in [9.17, 15) is 0 Å². The molecule has 21 heavy (non-hydrogen) atoms. The smallest absolute Gasteiger partial charge is 0.137 e. The quantitative estimate of drug-likeness (QED) is 0.897. The molecule has 2 fully saturated rings. The van der Waals surface area contributed by atoms with Crippen LogP contribution >= 0.6 is 0 Å². The monoisotopic (exact) mass is 288 g/mol. The Balaban J connectivity index is 1.87. The molecule has 2 aliphatic rings. The fourth-order valence-electron chi connectivity index (χ4n) is 3.96. The van der Waals surface area contributed by atoms with Crippen LogP contribution in [0.4, 0.5) is 11.6 Å². The molecule has 0 aromatic carbocycles. The van der Waals surface area contributed by atoms with Gasteiger partial charge in [-0.1, -0.05) is 27.2 Å². The summed E-state index contributed by atoms with van der Waals surface area (Å²) in [5, 5.41) is 3.48. The topological polar surface area (TPSA) is 41.1 Å². The van der Waals surface area contributed by atoms with Gasteiger partial charge in [0.2, 0.25) is 0 Å². The van der Waals surface area contributed by atoms with E-state index in [0.29, 0.717) is 5.92 Å². The van der Waals surface area contributed by atoms with Crippen LogP contribution in [0.15, 0.2) is 6.33 Å². The molecule has 2 unspecified atom stereocenters. The summed E-state index contributed by atoms with van der Waals surface area (Å²) >= 11 is 0. The van der Waals surface area contributed by atoms with Crippen LogP contribution in [0.5, 0.6) is 0 Å². The Hall–Kier alpha value is -1.32. The maximum atomic E-state index is 4.65. The van der Waals surface area contributed by atoms with Crippen LogP contribution in [0.25, 0.3) is 0 Å². The standard InChI is InChI=1S/C17H28N4/c1-4-8-18-16-15(12(2)3)17(20-11-19-16)21-9-13-6-5-7-14(13)10-21/h11-14H,4-10H2,1-3H3,(H,18,19,20). The number of aromatic nitrogens is 2. The van der Waals surface area contributed by atoms with Crippen LogP contribution < -0.4 is 10.2 Å². The van der Waals surface area contributed by atoms with Gasteiger partial charge < -0.3 is 10.2 Å². The van der Waals surface area contributed by atoms with Crippen molar-refractivity contribution in [3.63, 3.8) is 0 Å². The molecule has 4 nitrogen and oxygen atoms in total. The summed E-state index contributed by atoms with van der Waals surface area (Å²) in [6.45, 7) is 10.0. The summed E-state index contributed by atoms with van der Waals surface area (Å²) in [6, 6.07) is 0. The predicted molar refractivity (Wildman–Crippen MR) is 87.9 cm³/mol. The molecule has 2 atom stereocenters. The Morgan fingerprint density at radius 2 is 1.95 bits per heavy atom. The molecule has 0 amide bonds. The molecule has 1 aliphatic heterocycles. The Labute approximate surface area is 128 Å². The lowest BCUT2D eigenvalue weighted by Crippen LogP contribution is -2.24. The van der Waals surface area contributed by atoms with Gasteiger partial charge in [0.1, 0.15) is 18.0 Å². The van der Waals surface area contributed by atoms with Gasteiger partial charge in [-0.15, -0.1) is 0 Å². The Morgan fingerprint density at radius 1 is 1.24 bits per heavy atom. The number of nitrogens with zero attached hydrogens (tertiary/aromatic N) is 3. The summed E-state index contributed by atoms with van der Waals surface area (Å²) in [5.74, 6) is 4.45. The van der Waals surface area contributed by atoms with Crippen LogP contribution in [0.3, 0.4) is 0 Å². The van der Waals surface area contributed by atoms with Crippen LogP contribution in [0.2, 0.25) is 0 Å². The van der Waals surface area contributed by atoms with E-state index in [1.165, 1.54) is 43.7 Å². The molecule has 0 bridgehead atoms. The van der Waals surface area contributed by atoms with Crippen LogP contribution in [0, 0.1) is 11.8 Å². The SMILES string of the molecule is CCCNc1ncnc(N2CC3CCCC3C2)c1C(C)C. The van der Waals surface area contributed by atoms with Crippen molar-refractivity contribution < 1.29 is 0 Å². The Bertz CT molecular complexity index is 474. The first-order chi connectivity index (χ1) is 10.2. The maximum Gasteiger partial charge on any atom is 0.137 e. The second-order valence-corrected chi connectivity index (χ2v) is 6.90. The first kappa shape index (κ1) is 14.6. The third-order valence-corrected chi connectivity index (χ3v) is 5.01. The minimum absolute atomic E-state index is 0.445. The third kappa shape index (κ3) is 2.85. The van der Waals surface area contributed by atoms with Crippen molar-refractivity contribution in [3.05, 3.63) is 11.9 Å². The van der Waals surface area contributed by atoms with Crippen LogP contribution in [0.1, 0.15) is 57.9 Å². The van der Waals surface area contributed by atoms with E-state index in [4.69, 9.17) is 0 Å². The molecule has 0 radical (unpaired) electrons. The van der Waals surface area contributed by atoms with E-state index >= 15 is 0 Å². The summed E-state index contributed by atoms with van der Waals surface area (Å²) in [6.07, 6.45) is 7.08. The van der Waals surface area contributed by atoms with Crippen molar-refractivity contribution >= 4 is 11.6 Å². The number of hydrogen-bond acceptors (Lipinski definition) is 4. The Kier molecular flexibility index (Phi) is 4.32. The zero-order valence-electron chi connectivity index (χ0n) is 13.6. The van der Waals surface area contributed by atoms with Gasteiger partial charge in [-0.3, -0.25) is 0 Å². The number of nitrogens with one attached hydrogen (secondary N) is 1. The van der Waals surface area contributed by atoms with Crippen molar-refractivity contribution in [1.82, 2.24) is 9.97 Å². The number of rotatable bonds is 5. The number of fused-ring (bicyclic) bond motifs is 1. The van der Waals surface area contributed by atoms with E-state index < -0.39 is 0 Å². The number of anilines is 2. The van der Waals surface area contributed by atoms with Gasteiger partial charge in [0.25, 0.3) is 0 Å². The molecule has 1 saturated carbocycles. The molecule has 1 aliphatic carbocycles. The van der Waals surface area contributed by atoms with Crippen molar-refractivity contribution in [3.8, 4) is 0 Å². The lowest BCUT2D eigenvalue weighted by Gasteiger charge is -2.24. The van der Waals surface area contributed by atoms with Gasteiger partial charge in [0.05, 0.1) is 0 Å². The van der Waals surface area contributed by atoms with Gasteiger partial charge in [0, 0.05) is 25.2 Å². The number of hydrogen-bond donors (Lipinski definition) is 1. The van der Waals surface area contributed by atoms with E-state index in [1.54, 1.807) is 6.33 Å². The fourth-order valence-corrected chi connectivity index (χ4v) is 3.96. The zero-order valence-corrected chi connectivity index (χ0v) is 13.6. The average molecular weight is 288 g/mol. The summed E-state index contributed by atoms with van der Waals surface area (Å²) < 4.78 is 0. The molecule has 1 saturated heterocycles. The van der Waals surface area contributed by atoms with Crippen molar-refractivity contribution in [2.24, 2.45) is 11.8 Å². The lowest BCUT2D eigenvalue weighted by molar-refractivity contribution is 0.494. The highest BCUT2D eigenvalue weighted by atomic mass is 15.2. The first-order valence-electron chi connectivity index (χ1n) is 8.54. The maximum absolute atomic E-state index is 4.65. The molecule has 1 aromatic heterocycles. The third-order valence-electron chi connectivity index (χ3n) is 5.01. The molecule has 2 heterocycles. The average Bonchev–Trinajstić information content (AvgIpc) is 3.05. The summed E-state index contributed by atoms with van der Waals surface area (Å²) in [4.78, 5) is 11.7. The first-order valence-corrected chi connectivity index (χ1v) is 8.54. The second-order valence-electron chi connectivity index (χ2n) is 6.90. The van der Waals surface area contributed by atoms with Gasteiger partial charge >= 0.3 is 0 Å². The molecule has 4 heteroatoms. The van der Waals surface area contributed by atoms with Crippen molar-refractivity contribution in [2.45, 2.75) is 52.4 Å². The summed E-state index contributed by atoms with van der Waals surface area (Å²) in [7, 11) is 0. The summed E-state index contributed by atoms with van der Waals surface area (Å²) in [5.41, 5.74) is 1.30. The highest BCUT2D eigenvalue weighted by Gasteiger charge is 2.37. The molecular weight excluding hydrogens is 260 g/mol. The van der Waals surface area contributed by atoms with Crippen molar-refractivity contribution in [1.29, 1.82) is 0 Å². The highest BCUT2D eigenvalue weighted by Crippen LogP contribution is 2.41. The van der Waals surface area contributed by atoms with Crippen LogP contribution in [-0.2, 0) is 0 Å². The van der Waals surface area contributed by atoms with E-state index in [2.05, 4.69) is 41.0 Å². The molecule has 1 aromatic rings. The largest absolute Gasteiger partial charge is 0.370 e. The molecule has 0 spiro atoms. The van der Waals surface area contributed by atoms with E-state index in [-0.39, 0.29) is 0 Å². The molecule has 1 N–H and O–H groups in total. The predicted octanol–water partition coefficient (Wildman–Crippen LogP) is 3.66. The minimum Gasteiger partial charge on any atom is -0.370 e. The molecule has 3 rings (SSSR count). The lowest BCUT2D eigenvalue weighted by atomic mass is 10.0. The minimum atomic E-state index is 0.445. The van der Waals surface area contributed by atoms with Gasteiger partial charge in [0.15, 0.2) is 0 Å². The van der Waals surface area contributed by atoms with Gasteiger partial charge in [-0.25, -0.2) is 9.97 Å². The normalized spacial score (nSPS) is 24.7. The van der Waals surface area contributed by atoms with E-state index in [0.717, 1.165) is 30.6 Å².